The first-order valence-corrected chi connectivity index (χ1v) is 7.42. The van der Waals surface area contributed by atoms with Gasteiger partial charge in [0, 0.05) is 11.5 Å². The van der Waals surface area contributed by atoms with Gasteiger partial charge in [0.25, 0.3) is 0 Å². The maximum Gasteiger partial charge on any atom is 0.312 e. The molecule has 5 heteroatoms. The number of alkyl halides is 1. The summed E-state index contributed by atoms with van der Waals surface area (Å²) < 4.78 is 12.7. The van der Waals surface area contributed by atoms with E-state index < -0.39 is 18.0 Å². The Balaban J connectivity index is 1.42. The first-order chi connectivity index (χ1) is 10.1. The minimum atomic E-state index is -0.976. The molecule has 21 heavy (non-hydrogen) atoms. The highest BCUT2D eigenvalue weighted by molar-refractivity contribution is 6.35. The standard InChI is InChI=1S/C16H17FN2O2/c17-11-8-19(9-11)15(21)14(20)18-13-7-16(13)6-5-10-3-1-2-4-12(10)16/h1-4,11,13H,5-9H2,(H,18,20). The molecule has 0 radical (unpaired) electrons. The Hall–Kier alpha value is -1.91. The third-order valence-corrected chi connectivity index (χ3v) is 5.09. The van der Waals surface area contributed by atoms with E-state index in [1.54, 1.807) is 0 Å². The average molecular weight is 288 g/mol. The van der Waals surface area contributed by atoms with Gasteiger partial charge in [-0.25, -0.2) is 4.39 Å². The lowest BCUT2D eigenvalue weighted by molar-refractivity contribution is -0.150. The van der Waals surface area contributed by atoms with Crippen LogP contribution in [0.4, 0.5) is 4.39 Å². The number of carbonyl (C=O) groups is 2. The van der Waals surface area contributed by atoms with Gasteiger partial charge >= 0.3 is 11.8 Å². The number of carbonyl (C=O) groups excluding carboxylic acids is 2. The molecule has 2 unspecified atom stereocenters. The van der Waals surface area contributed by atoms with Crippen LogP contribution in [0.5, 0.6) is 0 Å². The Morgan fingerprint density at radius 2 is 2.05 bits per heavy atom. The van der Waals surface area contributed by atoms with Gasteiger partial charge in [0.2, 0.25) is 0 Å². The number of hydrogen-bond donors (Lipinski definition) is 1. The van der Waals surface area contributed by atoms with E-state index in [2.05, 4.69) is 17.4 Å². The molecular weight excluding hydrogens is 271 g/mol. The Kier molecular flexibility index (Phi) is 2.62. The summed E-state index contributed by atoms with van der Waals surface area (Å²) in [5.74, 6) is -1.19. The van der Waals surface area contributed by atoms with Crippen LogP contribution < -0.4 is 5.32 Å². The number of amides is 2. The zero-order valence-electron chi connectivity index (χ0n) is 11.6. The fourth-order valence-corrected chi connectivity index (χ4v) is 3.74. The van der Waals surface area contributed by atoms with Gasteiger partial charge in [-0.3, -0.25) is 9.59 Å². The van der Waals surface area contributed by atoms with Crippen LogP contribution in [-0.4, -0.2) is 42.0 Å². The molecule has 2 amide bonds. The maximum atomic E-state index is 12.7. The van der Waals surface area contributed by atoms with Crippen LogP contribution in [-0.2, 0) is 21.4 Å². The second-order valence-electron chi connectivity index (χ2n) is 6.35. The molecule has 2 fully saturated rings. The number of likely N-dealkylation sites (tertiary alicyclic amines) is 1. The van der Waals surface area contributed by atoms with Gasteiger partial charge in [0.1, 0.15) is 6.17 Å². The quantitative estimate of drug-likeness (QED) is 0.782. The van der Waals surface area contributed by atoms with Crippen LogP contribution in [0, 0.1) is 0 Å². The van der Waals surface area contributed by atoms with Gasteiger partial charge in [-0.15, -0.1) is 0 Å². The van der Waals surface area contributed by atoms with Gasteiger partial charge < -0.3 is 10.2 Å². The normalized spacial score (nSPS) is 30.0. The molecule has 4 rings (SSSR count). The van der Waals surface area contributed by atoms with Gasteiger partial charge in [-0.2, -0.15) is 0 Å². The number of rotatable bonds is 1. The molecule has 2 aliphatic carbocycles. The van der Waals surface area contributed by atoms with Crippen molar-refractivity contribution in [3.8, 4) is 0 Å². The van der Waals surface area contributed by atoms with Gasteiger partial charge in [0.15, 0.2) is 0 Å². The molecule has 1 heterocycles. The summed E-state index contributed by atoms with van der Waals surface area (Å²) >= 11 is 0. The zero-order valence-corrected chi connectivity index (χ0v) is 11.6. The predicted molar refractivity (Wildman–Crippen MR) is 74.5 cm³/mol. The summed E-state index contributed by atoms with van der Waals surface area (Å²) in [6.45, 7) is 0.0930. The Morgan fingerprint density at radius 3 is 2.81 bits per heavy atom. The molecule has 1 saturated carbocycles. The number of hydrogen-bond acceptors (Lipinski definition) is 2. The highest BCUT2D eigenvalue weighted by Crippen LogP contribution is 2.56. The Labute approximate surface area is 122 Å². The second-order valence-corrected chi connectivity index (χ2v) is 6.35. The van der Waals surface area contributed by atoms with E-state index in [0.717, 1.165) is 19.3 Å². The highest BCUT2D eigenvalue weighted by Gasteiger charge is 2.59. The molecule has 110 valence electrons. The number of nitrogens with one attached hydrogen (secondary N) is 1. The Morgan fingerprint density at radius 1 is 1.29 bits per heavy atom. The Bertz CT molecular complexity index is 626. The van der Waals surface area contributed by atoms with Crippen molar-refractivity contribution in [2.45, 2.75) is 36.9 Å². The molecule has 4 nitrogen and oxygen atoms in total. The van der Waals surface area contributed by atoms with E-state index in [1.165, 1.54) is 16.0 Å². The van der Waals surface area contributed by atoms with E-state index in [-0.39, 0.29) is 24.5 Å². The molecule has 0 bridgehead atoms. The molecule has 1 N–H and O–H groups in total. The molecule has 3 aliphatic rings. The molecule has 1 aromatic carbocycles. The van der Waals surface area contributed by atoms with Crippen molar-refractivity contribution in [1.82, 2.24) is 10.2 Å². The summed E-state index contributed by atoms with van der Waals surface area (Å²) in [4.78, 5) is 25.1. The van der Waals surface area contributed by atoms with Crippen molar-refractivity contribution in [2.75, 3.05) is 13.1 Å². The summed E-state index contributed by atoms with van der Waals surface area (Å²) in [5, 5.41) is 2.84. The van der Waals surface area contributed by atoms with Crippen LogP contribution >= 0.6 is 0 Å². The summed E-state index contributed by atoms with van der Waals surface area (Å²) in [6.07, 6.45) is 1.98. The molecule has 1 aliphatic heterocycles. The SMILES string of the molecule is O=C(NC1CC12CCc1ccccc12)C(=O)N1CC(F)C1. The lowest BCUT2D eigenvalue weighted by Crippen LogP contribution is -2.56. The monoisotopic (exact) mass is 288 g/mol. The van der Waals surface area contributed by atoms with E-state index in [4.69, 9.17) is 0 Å². The predicted octanol–water partition coefficient (Wildman–Crippen LogP) is 0.939. The zero-order chi connectivity index (χ0) is 14.6. The topological polar surface area (TPSA) is 49.4 Å². The van der Waals surface area contributed by atoms with Crippen LogP contribution in [0.2, 0.25) is 0 Å². The highest BCUT2D eigenvalue weighted by atomic mass is 19.1. The van der Waals surface area contributed by atoms with E-state index in [1.807, 2.05) is 12.1 Å². The second kappa shape index (κ2) is 4.29. The summed E-state index contributed by atoms with van der Waals surface area (Å²) in [6, 6.07) is 8.36. The van der Waals surface area contributed by atoms with Gasteiger partial charge in [-0.1, -0.05) is 24.3 Å². The number of halogens is 1. The number of nitrogens with zero attached hydrogens (tertiary/aromatic N) is 1. The number of benzene rings is 1. The van der Waals surface area contributed by atoms with Crippen molar-refractivity contribution < 1.29 is 14.0 Å². The molecule has 0 aromatic heterocycles. The third kappa shape index (κ3) is 1.87. The molecular formula is C16H17FN2O2. The van der Waals surface area contributed by atoms with Crippen molar-refractivity contribution >= 4 is 11.8 Å². The lowest BCUT2D eigenvalue weighted by Gasteiger charge is -2.33. The van der Waals surface area contributed by atoms with Crippen molar-refractivity contribution in [1.29, 1.82) is 0 Å². The van der Waals surface area contributed by atoms with Crippen LogP contribution in [0.3, 0.4) is 0 Å². The van der Waals surface area contributed by atoms with Gasteiger partial charge in [-0.05, 0) is 30.4 Å². The lowest BCUT2D eigenvalue weighted by atomic mass is 9.97. The molecule has 1 aromatic rings. The minimum Gasteiger partial charge on any atom is -0.344 e. The molecule has 1 spiro atoms. The van der Waals surface area contributed by atoms with E-state index >= 15 is 0 Å². The summed E-state index contributed by atoms with van der Waals surface area (Å²) in [5.41, 5.74) is 2.70. The first-order valence-electron chi connectivity index (χ1n) is 7.42. The summed E-state index contributed by atoms with van der Waals surface area (Å²) in [7, 11) is 0. The smallest absolute Gasteiger partial charge is 0.312 e. The minimum absolute atomic E-state index is 0.0319. The van der Waals surface area contributed by atoms with Gasteiger partial charge in [0.05, 0.1) is 13.1 Å². The molecule has 1 saturated heterocycles. The maximum absolute atomic E-state index is 12.7. The largest absolute Gasteiger partial charge is 0.344 e. The van der Waals surface area contributed by atoms with Crippen molar-refractivity contribution in [2.24, 2.45) is 0 Å². The third-order valence-electron chi connectivity index (χ3n) is 5.09. The van der Waals surface area contributed by atoms with Crippen LogP contribution in [0.25, 0.3) is 0 Å². The fraction of sp³-hybridized carbons (Fsp3) is 0.500. The van der Waals surface area contributed by atoms with Crippen molar-refractivity contribution in [3.05, 3.63) is 35.4 Å². The van der Waals surface area contributed by atoms with Crippen LogP contribution in [0.15, 0.2) is 24.3 Å². The fourth-order valence-electron chi connectivity index (χ4n) is 3.74. The average Bonchev–Trinajstić information content (AvgIpc) is 3.01. The van der Waals surface area contributed by atoms with Crippen LogP contribution in [0.1, 0.15) is 24.0 Å². The number of aryl methyl sites for hydroxylation is 1. The van der Waals surface area contributed by atoms with E-state index in [9.17, 15) is 14.0 Å². The van der Waals surface area contributed by atoms with Crippen molar-refractivity contribution in [3.63, 3.8) is 0 Å². The first kappa shape index (κ1) is 12.8. The number of fused-ring (bicyclic) bond motifs is 2. The van der Waals surface area contributed by atoms with E-state index in [0.29, 0.717) is 0 Å². The molecule has 2 atom stereocenters.